The van der Waals surface area contributed by atoms with Gasteiger partial charge in [0.05, 0.1) is 19.3 Å². The molecule has 0 spiro atoms. The molecular formula is C21H34N2O4. The van der Waals surface area contributed by atoms with E-state index in [1.54, 1.807) is 19.1 Å². The number of unbranched alkanes of at least 4 members (excludes halogenated alkanes) is 5. The zero-order valence-electron chi connectivity index (χ0n) is 16.9. The van der Waals surface area contributed by atoms with Crippen molar-refractivity contribution in [1.29, 1.82) is 0 Å². The fourth-order valence-electron chi connectivity index (χ4n) is 2.56. The Labute approximate surface area is 162 Å². The van der Waals surface area contributed by atoms with Gasteiger partial charge in [-0.2, -0.15) is 0 Å². The Balaban J connectivity index is 2.36. The number of nitrogens with two attached hydrogens (primary N) is 1. The fraction of sp³-hybridized carbons (Fsp3) is 0.619. The molecule has 1 aromatic carbocycles. The Morgan fingerprint density at radius 3 is 2.33 bits per heavy atom. The molecule has 6 nitrogen and oxygen atoms in total. The van der Waals surface area contributed by atoms with Crippen LogP contribution in [0.5, 0.6) is 5.75 Å². The third-order valence-corrected chi connectivity index (χ3v) is 4.47. The van der Waals surface area contributed by atoms with Crippen LogP contribution in [0, 0.1) is 0 Å². The molecule has 152 valence electrons. The van der Waals surface area contributed by atoms with E-state index in [-0.39, 0.29) is 24.7 Å². The van der Waals surface area contributed by atoms with Gasteiger partial charge in [-0.1, -0.05) is 39.0 Å². The lowest BCUT2D eigenvalue weighted by molar-refractivity contribution is -0.141. The van der Waals surface area contributed by atoms with Crippen LogP contribution in [-0.2, 0) is 14.3 Å². The smallest absolute Gasteiger partial charge is 0.305 e. The molecule has 1 aromatic rings. The quantitative estimate of drug-likeness (QED) is 0.399. The molecule has 0 fully saturated rings. The molecule has 27 heavy (non-hydrogen) atoms. The average molecular weight is 379 g/mol. The lowest BCUT2D eigenvalue weighted by Gasteiger charge is -2.23. The van der Waals surface area contributed by atoms with Crippen molar-refractivity contribution in [2.24, 2.45) is 5.73 Å². The summed E-state index contributed by atoms with van der Waals surface area (Å²) in [6, 6.07) is 7.22. The SMILES string of the molecule is CCCCCCCCOc1ccc(NC(=O)[C@@](C)(N)CCC(=O)OC)cc1. The van der Waals surface area contributed by atoms with Crippen molar-refractivity contribution in [1.82, 2.24) is 0 Å². The Kier molecular flexibility index (Phi) is 10.5. The molecule has 0 aliphatic carbocycles. The highest BCUT2D eigenvalue weighted by Gasteiger charge is 2.29. The first-order valence-corrected chi connectivity index (χ1v) is 9.79. The molecule has 0 aliphatic rings. The van der Waals surface area contributed by atoms with Gasteiger partial charge in [0.25, 0.3) is 0 Å². The number of carbonyl (C=O) groups excluding carboxylic acids is 2. The number of amides is 1. The summed E-state index contributed by atoms with van der Waals surface area (Å²) in [7, 11) is 1.31. The van der Waals surface area contributed by atoms with Gasteiger partial charge in [0.1, 0.15) is 5.75 Å². The molecule has 3 N–H and O–H groups in total. The molecular weight excluding hydrogens is 344 g/mol. The van der Waals surface area contributed by atoms with E-state index in [1.807, 2.05) is 12.1 Å². The first-order valence-electron chi connectivity index (χ1n) is 9.79. The number of esters is 1. The second-order valence-corrected chi connectivity index (χ2v) is 7.09. The lowest BCUT2D eigenvalue weighted by atomic mass is 9.96. The van der Waals surface area contributed by atoms with Crippen molar-refractivity contribution in [3.05, 3.63) is 24.3 Å². The van der Waals surface area contributed by atoms with Gasteiger partial charge in [-0.05, 0) is 44.0 Å². The predicted molar refractivity (Wildman–Crippen MR) is 108 cm³/mol. The number of rotatable bonds is 13. The second kappa shape index (κ2) is 12.3. The highest BCUT2D eigenvalue weighted by Crippen LogP contribution is 2.19. The summed E-state index contributed by atoms with van der Waals surface area (Å²) in [6.07, 6.45) is 7.67. The second-order valence-electron chi connectivity index (χ2n) is 7.09. The van der Waals surface area contributed by atoms with E-state index in [4.69, 9.17) is 10.5 Å². The third kappa shape index (κ3) is 9.43. The summed E-state index contributed by atoms with van der Waals surface area (Å²) in [4.78, 5) is 23.5. The van der Waals surface area contributed by atoms with E-state index in [0.717, 1.165) is 12.2 Å². The molecule has 0 aromatic heterocycles. The number of anilines is 1. The summed E-state index contributed by atoms with van der Waals surface area (Å²) in [5.74, 6) is 0.0567. The van der Waals surface area contributed by atoms with Gasteiger partial charge in [-0.3, -0.25) is 9.59 Å². The average Bonchev–Trinajstić information content (AvgIpc) is 2.66. The van der Waals surface area contributed by atoms with Crippen molar-refractivity contribution in [2.75, 3.05) is 19.0 Å². The molecule has 0 aliphatic heterocycles. The monoisotopic (exact) mass is 378 g/mol. The minimum Gasteiger partial charge on any atom is -0.494 e. The Hall–Kier alpha value is -2.08. The number of nitrogens with one attached hydrogen (secondary N) is 1. The van der Waals surface area contributed by atoms with Crippen molar-refractivity contribution in [3.8, 4) is 5.75 Å². The van der Waals surface area contributed by atoms with Crippen molar-refractivity contribution in [2.45, 2.75) is 70.8 Å². The number of hydrogen-bond acceptors (Lipinski definition) is 5. The summed E-state index contributed by atoms with van der Waals surface area (Å²) >= 11 is 0. The van der Waals surface area contributed by atoms with Gasteiger partial charge >= 0.3 is 5.97 Å². The van der Waals surface area contributed by atoms with E-state index in [0.29, 0.717) is 12.3 Å². The Morgan fingerprint density at radius 2 is 1.70 bits per heavy atom. The minimum absolute atomic E-state index is 0.0993. The lowest BCUT2D eigenvalue weighted by Crippen LogP contribution is -2.48. The summed E-state index contributed by atoms with van der Waals surface area (Å²) in [5, 5.41) is 2.78. The van der Waals surface area contributed by atoms with Crippen LogP contribution in [0.4, 0.5) is 5.69 Å². The van der Waals surface area contributed by atoms with E-state index < -0.39 is 5.54 Å². The first-order chi connectivity index (χ1) is 12.9. The molecule has 1 rings (SSSR count). The first kappa shape index (κ1) is 23.0. The van der Waals surface area contributed by atoms with Gasteiger partial charge in [-0.25, -0.2) is 0 Å². The zero-order valence-corrected chi connectivity index (χ0v) is 16.9. The minimum atomic E-state index is -1.15. The van der Waals surface area contributed by atoms with Crippen molar-refractivity contribution >= 4 is 17.6 Å². The maximum absolute atomic E-state index is 12.3. The molecule has 1 amide bonds. The van der Waals surface area contributed by atoms with E-state index in [1.165, 1.54) is 39.2 Å². The molecule has 0 bridgehead atoms. The van der Waals surface area contributed by atoms with Crippen molar-refractivity contribution < 1.29 is 19.1 Å². The van der Waals surface area contributed by atoms with Gasteiger partial charge in [0.2, 0.25) is 5.91 Å². The van der Waals surface area contributed by atoms with Gasteiger partial charge < -0.3 is 20.5 Å². The highest BCUT2D eigenvalue weighted by atomic mass is 16.5. The van der Waals surface area contributed by atoms with Crippen LogP contribution in [0.1, 0.15) is 65.2 Å². The number of carbonyl (C=O) groups is 2. The summed E-state index contributed by atoms with van der Waals surface area (Å²) in [6.45, 7) is 4.51. The number of benzene rings is 1. The maximum atomic E-state index is 12.3. The standard InChI is InChI=1S/C21H34N2O4/c1-4-5-6-7-8-9-16-27-18-12-10-17(11-13-18)23-20(25)21(2,22)15-14-19(24)26-3/h10-13H,4-9,14-16,22H2,1-3H3,(H,23,25)/t21-/m0/s1. The normalized spacial score (nSPS) is 12.9. The van der Waals surface area contributed by atoms with E-state index >= 15 is 0 Å². The van der Waals surface area contributed by atoms with Gasteiger partial charge in [0, 0.05) is 12.1 Å². The van der Waals surface area contributed by atoms with E-state index in [2.05, 4.69) is 17.0 Å². The van der Waals surface area contributed by atoms with Crippen LogP contribution < -0.4 is 15.8 Å². The largest absolute Gasteiger partial charge is 0.494 e. The van der Waals surface area contributed by atoms with Crippen LogP contribution in [0.3, 0.4) is 0 Å². The zero-order chi connectivity index (χ0) is 20.1. The molecule has 0 heterocycles. The molecule has 0 saturated carbocycles. The molecule has 0 unspecified atom stereocenters. The van der Waals surface area contributed by atoms with Gasteiger partial charge in [-0.15, -0.1) is 0 Å². The number of methoxy groups -OCH3 is 1. The fourth-order valence-corrected chi connectivity index (χ4v) is 2.56. The van der Waals surface area contributed by atoms with Gasteiger partial charge in [0.15, 0.2) is 0 Å². The number of hydrogen-bond donors (Lipinski definition) is 2. The van der Waals surface area contributed by atoms with Crippen LogP contribution in [0.25, 0.3) is 0 Å². The van der Waals surface area contributed by atoms with Crippen molar-refractivity contribution in [3.63, 3.8) is 0 Å². The Morgan fingerprint density at radius 1 is 1.07 bits per heavy atom. The van der Waals surface area contributed by atoms with Crippen LogP contribution in [0.15, 0.2) is 24.3 Å². The van der Waals surface area contributed by atoms with Crippen LogP contribution in [-0.4, -0.2) is 31.1 Å². The highest BCUT2D eigenvalue weighted by molar-refractivity contribution is 5.97. The third-order valence-electron chi connectivity index (χ3n) is 4.47. The summed E-state index contributed by atoms with van der Waals surface area (Å²) < 4.78 is 10.3. The molecule has 0 radical (unpaired) electrons. The number of ether oxygens (including phenoxy) is 2. The van der Waals surface area contributed by atoms with Crippen LogP contribution in [0.2, 0.25) is 0 Å². The Bertz CT molecular complexity index is 570. The molecule has 0 saturated heterocycles. The summed E-state index contributed by atoms with van der Waals surface area (Å²) in [5.41, 5.74) is 5.51. The predicted octanol–water partition coefficient (Wildman–Crippen LogP) is 4.04. The maximum Gasteiger partial charge on any atom is 0.305 e. The molecule has 6 heteroatoms. The van der Waals surface area contributed by atoms with Crippen LogP contribution >= 0.6 is 0 Å². The molecule has 1 atom stereocenters. The topological polar surface area (TPSA) is 90.6 Å². The van der Waals surface area contributed by atoms with E-state index in [9.17, 15) is 9.59 Å².